The molecular formula is C25H27ClN2O5S. The molecule has 0 fully saturated rings. The SMILES string of the molecule is COc1ccc(CNC(=O)CN(c2cc(Cl)ccc2C)S(=O)(=O)c2ccc(C)cc2)cc1OC. The van der Waals surface area contributed by atoms with Crippen molar-refractivity contribution in [1.82, 2.24) is 5.32 Å². The van der Waals surface area contributed by atoms with Gasteiger partial charge in [-0.15, -0.1) is 0 Å². The molecule has 34 heavy (non-hydrogen) atoms. The van der Waals surface area contributed by atoms with E-state index >= 15 is 0 Å². The molecule has 0 spiro atoms. The largest absolute Gasteiger partial charge is 0.493 e. The van der Waals surface area contributed by atoms with E-state index in [4.69, 9.17) is 21.1 Å². The van der Waals surface area contributed by atoms with E-state index in [1.54, 1.807) is 62.6 Å². The molecule has 0 aliphatic heterocycles. The van der Waals surface area contributed by atoms with Crippen molar-refractivity contribution in [2.75, 3.05) is 25.1 Å². The predicted molar refractivity (Wildman–Crippen MR) is 133 cm³/mol. The van der Waals surface area contributed by atoms with Crippen molar-refractivity contribution in [3.05, 3.63) is 82.4 Å². The van der Waals surface area contributed by atoms with Crippen molar-refractivity contribution in [3.63, 3.8) is 0 Å². The lowest BCUT2D eigenvalue weighted by Crippen LogP contribution is -2.41. The van der Waals surface area contributed by atoms with Crippen LogP contribution in [0.3, 0.4) is 0 Å². The van der Waals surface area contributed by atoms with Crippen molar-refractivity contribution in [3.8, 4) is 11.5 Å². The molecule has 180 valence electrons. The molecule has 0 saturated carbocycles. The average molecular weight is 503 g/mol. The highest BCUT2D eigenvalue weighted by atomic mass is 35.5. The third-order valence-corrected chi connectivity index (χ3v) is 7.28. The van der Waals surface area contributed by atoms with Crippen LogP contribution in [0.15, 0.2) is 65.6 Å². The molecule has 0 aromatic heterocycles. The minimum Gasteiger partial charge on any atom is -0.493 e. The van der Waals surface area contributed by atoms with Crippen LogP contribution in [0.1, 0.15) is 16.7 Å². The van der Waals surface area contributed by atoms with Crippen molar-refractivity contribution in [2.45, 2.75) is 25.3 Å². The third-order valence-electron chi connectivity index (χ3n) is 5.27. The van der Waals surface area contributed by atoms with Gasteiger partial charge in [-0.2, -0.15) is 0 Å². The Labute approximate surface area is 205 Å². The van der Waals surface area contributed by atoms with Gasteiger partial charge in [0.25, 0.3) is 10.0 Å². The fourth-order valence-corrected chi connectivity index (χ4v) is 5.01. The number of carbonyl (C=O) groups is 1. The maximum atomic E-state index is 13.5. The number of methoxy groups -OCH3 is 2. The number of nitrogens with one attached hydrogen (secondary N) is 1. The first-order valence-corrected chi connectivity index (χ1v) is 12.3. The van der Waals surface area contributed by atoms with Gasteiger partial charge in [-0.3, -0.25) is 9.10 Å². The molecule has 9 heteroatoms. The second kappa shape index (κ2) is 10.8. The van der Waals surface area contributed by atoms with E-state index in [0.717, 1.165) is 15.4 Å². The Morgan fingerprint density at radius 2 is 1.62 bits per heavy atom. The quantitative estimate of drug-likeness (QED) is 0.466. The minimum atomic E-state index is -4.03. The third kappa shape index (κ3) is 5.81. The van der Waals surface area contributed by atoms with Gasteiger partial charge in [0.05, 0.1) is 24.8 Å². The van der Waals surface area contributed by atoms with Gasteiger partial charge < -0.3 is 14.8 Å². The number of carbonyl (C=O) groups excluding carboxylic acids is 1. The zero-order chi connectivity index (χ0) is 24.9. The van der Waals surface area contributed by atoms with E-state index in [-0.39, 0.29) is 11.4 Å². The number of sulfonamides is 1. The van der Waals surface area contributed by atoms with Crippen LogP contribution < -0.4 is 19.1 Å². The number of halogens is 1. The van der Waals surface area contributed by atoms with Gasteiger partial charge >= 0.3 is 0 Å². The number of nitrogens with zero attached hydrogens (tertiary/aromatic N) is 1. The van der Waals surface area contributed by atoms with Crippen LogP contribution in [0.5, 0.6) is 11.5 Å². The molecule has 3 aromatic rings. The molecule has 1 N–H and O–H groups in total. The van der Waals surface area contributed by atoms with E-state index in [1.165, 1.54) is 19.2 Å². The summed E-state index contributed by atoms with van der Waals surface area (Å²) >= 11 is 6.16. The second-order valence-corrected chi connectivity index (χ2v) is 10.0. The molecule has 0 radical (unpaired) electrons. The Morgan fingerprint density at radius 3 is 2.26 bits per heavy atom. The number of amides is 1. The molecule has 7 nitrogen and oxygen atoms in total. The molecular weight excluding hydrogens is 476 g/mol. The number of ether oxygens (including phenoxy) is 2. The summed E-state index contributed by atoms with van der Waals surface area (Å²) in [6.45, 7) is 3.42. The summed E-state index contributed by atoms with van der Waals surface area (Å²) in [4.78, 5) is 13.0. The summed E-state index contributed by atoms with van der Waals surface area (Å²) in [5.74, 6) is 0.640. The Morgan fingerprint density at radius 1 is 0.941 bits per heavy atom. The molecule has 0 aliphatic rings. The van der Waals surface area contributed by atoms with Gasteiger partial charge in [0.2, 0.25) is 5.91 Å². The minimum absolute atomic E-state index is 0.0881. The molecule has 0 atom stereocenters. The second-order valence-electron chi connectivity index (χ2n) is 7.72. The summed E-state index contributed by atoms with van der Waals surface area (Å²) in [6, 6.07) is 16.7. The highest BCUT2D eigenvalue weighted by Gasteiger charge is 2.28. The van der Waals surface area contributed by atoms with Crippen LogP contribution in [-0.2, 0) is 21.4 Å². The summed E-state index contributed by atoms with van der Waals surface area (Å²) in [5, 5.41) is 3.15. The fraction of sp³-hybridized carbons (Fsp3) is 0.240. The van der Waals surface area contributed by atoms with Crippen LogP contribution in [-0.4, -0.2) is 35.1 Å². The number of anilines is 1. The van der Waals surface area contributed by atoms with E-state index < -0.39 is 22.5 Å². The molecule has 0 heterocycles. The lowest BCUT2D eigenvalue weighted by atomic mass is 10.2. The van der Waals surface area contributed by atoms with E-state index in [9.17, 15) is 13.2 Å². The highest BCUT2D eigenvalue weighted by molar-refractivity contribution is 7.92. The lowest BCUT2D eigenvalue weighted by Gasteiger charge is -2.26. The number of aryl methyl sites for hydroxylation is 2. The van der Waals surface area contributed by atoms with Crippen LogP contribution >= 0.6 is 11.6 Å². The maximum Gasteiger partial charge on any atom is 0.264 e. The Hall–Kier alpha value is -3.23. The van der Waals surface area contributed by atoms with Crippen LogP contribution in [0.25, 0.3) is 0 Å². The standard InChI is InChI=1S/C25H27ClN2O5S/c1-17-5-10-21(11-6-17)34(30,31)28(22-14-20(26)9-7-18(22)2)16-25(29)27-15-19-8-12-23(32-3)24(13-19)33-4/h5-14H,15-16H2,1-4H3,(H,27,29). The first-order chi connectivity index (χ1) is 16.1. The van der Waals surface area contributed by atoms with Gasteiger partial charge in [-0.25, -0.2) is 8.42 Å². The average Bonchev–Trinajstić information content (AvgIpc) is 2.82. The Bertz CT molecular complexity index is 1280. The zero-order valence-electron chi connectivity index (χ0n) is 19.5. The van der Waals surface area contributed by atoms with Gasteiger partial charge in [0.1, 0.15) is 6.54 Å². The zero-order valence-corrected chi connectivity index (χ0v) is 21.0. The Balaban J connectivity index is 1.88. The van der Waals surface area contributed by atoms with Gasteiger partial charge in [-0.1, -0.05) is 41.4 Å². The van der Waals surface area contributed by atoms with Crippen LogP contribution in [0, 0.1) is 13.8 Å². The molecule has 0 bridgehead atoms. The molecule has 3 rings (SSSR count). The molecule has 0 unspecified atom stereocenters. The van der Waals surface area contributed by atoms with E-state index in [0.29, 0.717) is 27.8 Å². The van der Waals surface area contributed by atoms with Gasteiger partial charge in [0, 0.05) is 11.6 Å². The number of benzene rings is 3. The first kappa shape index (κ1) is 25.4. The van der Waals surface area contributed by atoms with Crippen molar-refractivity contribution in [2.24, 2.45) is 0 Å². The van der Waals surface area contributed by atoms with Crippen LogP contribution in [0.2, 0.25) is 5.02 Å². The fourth-order valence-electron chi connectivity index (χ4n) is 3.37. The van der Waals surface area contributed by atoms with Gasteiger partial charge in [-0.05, 0) is 61.4 Å². The highest BCUT2D eigenvalue weighted by Crippen LogP contribution is 2.30. The van der Waals surface area contributed by atoms with Crippen molar-refractivity contribution >= 4 is 33.2 Å². The molecule has 0 saturated heterocycles. The maximum absolute atomic E-state index is 13.5. The topological polar surface area (TPSA) is 84.9 Å². The van der Waals surface area contributed by atoms with Crippen molar-refractivity contribution < 1.29 is 22.7 Å². The number of hydrogen-bond donors (Lipinski definition) is 1. The molecule has 1 amide bonds. The van der Waals surface area contributed by atoms with Gasteiger partial charge in [0.15, 0.2) is 11.5 Å². The summed E-state index contributed by atoms with van der Waals surface area (Å²) in [7, 11) is -0.960. The molecule has 3 aromatic carbocycles. The first-order valence-electron chi connectivity index (χ1n) is 10.5. The molecule has 0 aliphatic carbocycles. The smallest absolute Gasteiger partial charge is 0.264 e. The summed E-state index contributed by atoms with van der Waals surface area (Å²) in [5.41, 5.74) is 2.72. The lowest BCUT2D eigenvalue weighted by molar-refractivity contribution is -0.119. The number of rotatable bonds is 9. The predicted octanol–water partition coefficient (Wildman–Crippen LogP) is 4.49. The summed E-state index contributed by atoms with van der Waals surface area (Å²) in [6.07, 6.45) is 0. The Kier molecular flexibility index (Phi) is 8.06. The normalized spacial score (nSPS) is 11.1. The van der Waals surface area contributed by atoms with E-state index in [1.807, 2.05) is 6.92 Å². The van der Waals surface area contributed by atoms with Crippen molar-refractivity contribution in [1.29, 1.82) is 0 Å². The number of hydrogen-bond acceptors (Lipinski definition) is 5. The monoisotopic (exact) mass is 502 g/mol. The summed E-state index contributed by atoms with van der Waals surface area (Å²) < 4.78 is 38.7. The van der Waals surface area contributed by atoms with E-state index in [2.05, 4.69) is 5.32 Å². The van der Waals surface area contributed by atoms with Crippen LogP contribution in [0.4, 0.5) is 5.69 Å².